The Balaban J connectivity index is 0.00000272. The molecular weight excluding hydrogens is 410 g/mol. The summed E-state index contributed by atoms with van der Waals surface area (Å²) in [5, 5.41) is 23.1. The maximum Gasteiger partial charge on any atom is 0.335 e. The van der Waals surface area contributed by atoms with Crippen LogP contribution in [0.1, 0.15) is 45.1 Å². The van der Waals surface area contributed by atoms with Gasteiger partial charge < -0.3 is 15.5 Å². The first-order valence-electron chi connectivity index (χ1n) is 10.4. The van der Waals surface area contributed by atoms with Crippen molar-refractivity contribution in [2.24, 2.45) is 0 Å². The molecule has 5 heteroatoms. The van der Waals surface area contributed by atoms with Gasteiger partial charge in [0.1, 0.15) is 0 Å². The fourth-order valence-electron chi connectivity index (χ4n) is 4.10. The number of aromatic carboxylic acids is 1. The van der Waals surface area contributed by atoms with E-state index in [9.17, 15) is 9.90 Å². The molecule has 0 aromatic heterocycles. The van der Waals surface area contributed by atoms with Gasteiger partial charge in [-0.1, -0.05) is 60.2 Å². The quantitative estimate of drug-likeness (QED) is 0.509. The van der Waals surface area contributed by atoms with E-state index >= 15 is 0 Å². The van der Waals surface area contributed by atoms with E-state index in [0.717, 1.165) is 36.0 Å². The molecule has 0 spiro atoms. The van der Waals surface area contributed by atoms with Crippen LogP contribution < -0.4 is 5.32 Å². The number of halogens is 1. The minimum absolute atomic E-state index is 0. The Morgan fingerprint density at radius 1 is 1.00 bits per heavy atom. The molecule has 1 aliphatic carbocycles. The van der Waals surface area contributed by atoms with Gasteiger partial charge in [-0.3, -0.25) is 0 Å². The summed E-state index contributed by atoms with van der Waals surface area (Å²) in [6.07, 6.45) is 2.49. The fourth-order valence-corrected chi connectivity index (χ4v) is 4.10. The standard InChI is InChI=1S/C26H27NO3.ClH/c1-17-2-4-20(5-3-17)25(28)16-27-24-13-12-19-8-11-22(14-23(19)15-24)18-6-9-21(10-7-18)26(29)30;/h2-11,14,24-25,27-28H,12-13,15-16H2,1H3,(H,29,30);1H/t24-,25-;/m0./s1. The summed E-state index contributed by atoms with van der Waals surface area (Å²) in [5.74, 6) is -0.909. The number of rotatable bonds is 6. The molecule has 0 fully saturated rings. The average Bonchev–Trinajstić information content (AvgIpc) is 2.77. The molecule has 1 aliphatic rings. The van der Waals surface area contributed by atoms with E-state index in [1.54, 1.807) is 12.1 Å². The molecule has 0 radical (unpaired) electrons. The fraction of sp³-hybridized carbons (Fsp3) is 0.269. The predicted octanol–water partition coefficient (Wildman–Crippen LogP) is 4.96. The molecule has 0 saturated heterocycles. The molecule has 31 heavy (non-hydrogen) atoms. The number of aliphatic hydroxyl groups is 1. The zero-order chi connectivity index (χ0) is 21.1. The van der Waals surface area contributed by atoms with Gasteiger partial charge in [0.05, 0.1) is 11.7 Å². The van der Waals surface area contributed by atoms with Crippen LogP contribution in [0.5, 0.6) is 0 Å². The van der Waals surface area contributed by atoms with Gasteiger partial charge in [-0.05, 0) is 66.1 Å². The molecule has 4 rings (SSSR count). The zero-order valence-corrected chi connectivity index (χ0v) is 18.4. The van der Waals surface area contributed by atoms with E-state index in [1.807, 2.05) is 43.3 Å². The lowest BCUT2D eigenvalue weighted by atomic mass is 9.86. The SMILES string of the molecule is Cc1ccc([C@@H](O)CN[C@H]2CCc3ccc(-c4ccc(C(=O)O)cc4)cc3C2)cc1.Cl. The van der Waals surface area contributed by atoms with Crippen LogP contribution in [0, 0.1) is 6.92 Å². The minimum Gasteiger partial charge on any atom is -0.478 e. The Bertz CT molecular complexity index is 1030. The molecule has 3 N–H and O–H groups in total. The first-order valence-corrected chi connectivity index (χ1v) is 10.4. The van der Waals surface area contributed by atoms with Crippen LogP contribution in [0.4, 0.5) is 0 Å². The molecule has 3 aromatic rings. The van der Waals surface area contributed by atoms with Crippen LogP contribution in [-0.2, 0) is 12.8 Å². The van der Waals surface area contributed by atoms with E-state index in [4.69, 9.17) is 5.11 Å². The van der Waals surface area contributed by atoms with E-state index in [1.165, 1.54) is 16.7 Å². The molecule has 0 heterocycles. The van der Waals surface area contributed by atoms with Crippen molar-refractivity contribution < 1.29 is 15.0 Å². The van der Waals surface area contributed by atoms with E-state index in [0.29, 0.717) is 18.2 Å². The van der Waals surface area contributed by atoms with Crippen LogP contribution in [0.15, 0.2) is 66.7 Å². The van der Waals surface area contributed by atoms with Crippen LogP contribution in [0.2, 0.25) is 0 Å². The lowest BCUT2D eigenvalue weighted by molar-refractivity contribution is 0.0697. The summed E-state index contributed by atoms with van der Waals surface area (Å²) in [6.45, 7) is 2.59. The van der Waals surface area contributed by atoms with E-state index < -0.39 is 12.1 Å². The number of hydrogen-bond donors (Lipinski definition) is 3. The normalized spacial score (nSPS) is 16.1. The molecule has 3 aromatic carbocycles. The summed E-state index contributed by atoms with van der Waals surface area (Å²) in [7, 11) is 0. The topological polar surface area (TPSA) is 69.6 Å². The number of benzene rings is 3. The summed E-state index contributed by atoms with van der Waals surface area (Å²) >= 11 is 0. The summed E-state index contributed by atoms with van der Waals surface area (Å²) in [6, 6.07) is 21.9. The van der Waals surface area contributed by atoms with Gasteiger partial charge in [-0.15, -0.1) is 12.4 Å². The van der Waals surface area contributed by atoms with Crippen LogP contribution >= 0.6 is 12.4 Å². The molecule has 0 unspecified atom stereocenters. The third kappa shape index (κ3) is 5.53. The number of carboxylic acids is 1. The lowest BCUT2D eigenvalue weighted by Gasteiger charge is -2.27. The Kier molecular flexibility index (Phi) is 7.50. The third-order valence-corrected chi connectivity index (χ3v) is 5.96. The predicted molar refractivity (Wildman–Crippen MR) is 126 cm³/mol. The van der Waals surface area contributed by atoms with Gasteiger partial charge in [0.15, 0.2) is 0 Å². The second-order valence-electron chi connectivity index (χ2n) is 8.14. The highest BCUT2D eigenvalue weighted by Gasteiger charge is 2.20. The highest BCUT2D eigenvalue weighted by molar-refractivity contribution is 5.88. The Hall–Kier alpha value is -2.66. The Morgan fingerprint density at radius 2 is 1.68 bits per heavy atom. The number of fused-ring (bicyclic) bond motifs is 1. The van der Waals surface area contributed by atoms with Crippen molar-refractivity contribution in [2.75, 3.05) is 6.54 Å². The summed E-state index contributed by atoms with van der Waals surface area (Å²) < 4.78 is 0. The van der Waals surface area contributed by atoms with Crippen molar-refractivity contribution in [3.8, 4) is 11.1 Å². The third-order valence-electron chi connectivity index (χ3n) is 5.96. The molecule has 0 saturated carbocycles. The molecule has 162 valence electrons. The van der Waals surface area contributed by atoms with Gasteiger partial charge in [0, 0.05) is 12.6 Å². The molecule has 0 amide bonds. The van der Waals surface area contributed by atoms with Crippen LogP contribution in [-0.4, -0.2) is 28.8 Å². The number of carboxylic acid groups (broad SMARTS) is 1. The van der Waals surface area contributed by atoms with Crippen molar-refractivity contribution in [1.82, 2.24) is 5.32 Å². The second-order valence-corrected chi connectivity index (χ2v) is 8.14. The smallest absolute Gasteiger partial charge is 0.335 e. The highest BCUT2D eigenvalue weighted by atomic mass is 35.5. The number of nitrogens with one attached hydrogen (secondary N) is 1. The van der Waals surface area contributed by atoms with Crippen molar-refractivity contribution in [3.63, 3.8) is 0 Å². The number of carbonyl (C=O) groups is 1. The highest BCUT2D eigenvalue weighted by Crippen LogP contribution is 2.28. The average molecular weight is 438 g/mol. The van der Waals surface area contributed by atoms with Gasteiger partial charge in [0.2, 0.25) is 0 Å². The maximum absolute atomic E-state index is 11.1. The Morgan fingerprint density at radius 3 is 2.35 bits per heavy atom. The zero-order valence-electron chi connectivity index (χ0n) is 17.5. The monoisotopic (exact) mass is 437 g/mol. The van der Waals surface area contributed by atoms with Crippen molar-refractivity contribution >= 4 is 18.4 Å². The molecule has 2 atom stereocenters. The Labute approximate surface area is 189 Å². The van der Waals surface area contributed by atoms with Crippen LogP contribution in [0.3, 0.4) is 0 Å². The maximum atomic E-state index is 11.1. The van der Waals surface area contributed by atoms with E-state index in [2.05, 4.69) is 23.5 Å². The van der Waals surface area contributed by atoms with Crippen molar-refractivity contribution in [2.45, 2.75) is 38.3 Å². The lowest BCUT2D eigenvalue weighted by Crippen LogP contribution is -2.37. The molecule has 0 bridgehead atoms. The van der Waals surface area contributed by atoms with Gasteiger partial charge in [0.25, 0.3) is 0 Å². The number of aryl methyl sites for hydroxylation is 2. The van der Waals surface area contributed by atoms with Crippen molar-refractivity contribution in [1.29, 1.82) is 0 Å². The first-order chi connectivity index (χ1) is 14.5. The number of hydrogen-bond acceptors (Lipinski definition) is 3. The first kappa shape index (κ1) is 23.0. The molecule has 4 nitrogen and oxygen atoms in total. The van der Waals surface area contributed by atoms with Gasteiger partial charge in [-0.2, -0.15) is 0 Å². The minimum atomic E-state index is -0.909. The summed E-state index contributed by atoms with van der Waals surface area (Å²) in [5.41, 5.74) is 7.25. The van der Waals surface area contributed by atoms with E-state index in [-0.39, 0.29) is 12.4 Å². The molecule has 0 aliphatic heterocycles. The summed E-state index contributed by atoms with van der Waals surface area (Å²) in [4.78, 5) is 11.1. The largest absolute Gasteiger partial charge is 0.478 e. The van der Waals surface area contributed by atoms with Crippen molar-refractivity contribution in [3.05, 3.63) is 94.5 Å². The van der Waals surface area contributed by atoms with Gasteiger partial charge in [-0.25, -0.2) is 4.79 Å². The number of aliphatic hydroxyl groups excluding tert-OH is 1. The van der Waals surface area contributed by atoms with Gasteiger partial charge >= 0.3 is 5.97 Å². The second kappa shape index (κ2) is 10.1. The molecular formula is C26H28ClNO3. The van der Waals surface area contributed by atoms with Crippen LogP contribution in [0.25, 0.3) is 11.1 Å².